The normalized spacial score (nSPS) is 16.3. The summed E-state index contributed by atoms with van der Waals surface area (Å²) in [5.74, 6) is 0.0404. The number of fused-ring (bicyclic) bond motifs is 1. The van der Waals surface area contributed by atoms with Crippen LogP contribution < -0.4 is 16.4 Å². The molecule has 2 amide bonds. The first-order chi connectivity index (χ1) is 14.9. The van der Waals surface area contributed by atoms with Crippen molar-refractivity contribution in [2.24, 2.45) is 0 Å². The lowest BCUT2D eigenvalue weighted by molar-refractivity contribution is -0.127. The van der Waals surface area contributed by atoms with Gasteiger partial charge in [0.25, 0.3) is 5.91 Å². The number of carbonyl (C=O) groups excluding carboxylic acids is 2. The standard InChI is InChI=1S/C22H27N7O2/c1-28(2)18(30)10-14-5-7-15(8-6-14)27-22(31)17-12-29(16-4-3-9-24-11-16)21-19(17)20(23)25-13-26-21/h5-8,12-13,16,24H,3-4,9-11H2,1-2H3,(H,27,31)(H2,23,25,26). The van der Waals surface area contributed by atoms with Crippen LogP contribution >= 0.6 is 0 Å². The lowest BCUT2D eigenvalue weighted by Crippen LogP contribution is -2.31. The first-order valence-electron chi connectivity index (χ1n) is 10.4. The number of likely N-dealkylation sites (N-methyl/N-ethyl adjacent to an activating group) is 1. The topological polar surface area (TPSA) is 118 Å². The van der Waals surface area contributed by atoms with Crippen molar-refractivity contribution in [3.8, 4) is 0 Å². The maximum Gasteiger partial charge on any atom is 0.258 e. The first kappa shape index (κ1) is 20.8. The van der Waals surface area contributed by atoms with Crippen molar-refractivity contribution in [1.82, 2.24) is 24.8 Å². The summed E-state index contributed by atoms with van der Waals surface area (Å²) in [5, 5.41) is 6.88. The predicted octanol–water partition coefficient (Wildman–Crippen LogP) is 1.82. The van der Waals surface area contributed by atoms with E-state index in [1.54, 1.807) is 31.1 Å². The molecule has 162 valence electrons. The van der Waals surface area contributed by atoms with Gasteiger partial charge < -0.3 is 25.8 Å². The van der Waals surface area contributed by atoms with Gasteiger partial charge in [-0.15, -0.1) is 0 Å². The van der Waals surface area contributed by atoms with Crippen LogP contribution in [0.15, 0.2) is 36.8 Å². The molecule has 31 heavy (non-hydrogen) atoms. The molecule has 0 radical (unpaired) electrons. The van der Waals surface area contributed by atoms with Crippen LogP contribution in [0.25, 0.3) is 11.0 Å². The highest BCUT2D eigenvalue weighted by molar-refractivity contribution is 6.14. The van der Waals surface area contributed by atoms with Crippen molar-refractivity contribution in [2.45, 2.75) is 25.3 Å². The summed E-state index contributed by atoms with van der Waals surface area (Å²) >= 11 is 0. The molecule has 9 heteroatoms. The Morgan fingerprint density at radius 3 is 2.71 bits per heavy atom. The number of nitrogens with one attached hydrogen (secondary N) is 2. The molecule has 9 nitrogen and oxygen atoms in total. The zero-order valence-electron chi connectivity index (χ0n) is 17.8. The highest BCUT2D eigenvalue weighted by atomic mass is 16.2. The molecular formula is C22H27N7O2. The van der Waals surface area contributed by atoms with Crippen molar-refractivity contribution < 1.29 is 9.59 Å². The van der Waals surface area contributed by atoms with Gasteiger partial charge in [0.2, 0.25) is 5.91 Å². The van der Waals surface area contributed by atoms with Gasteiger partial charge in [-0.05, 0) is 37.1 Å². The summed E-state index contributed by atoms with van der Waals surface area (Å²) in [6, 6.07) is 7.47. The van der Waals surface area contributed by atoms with E-state index >= 15 is 0 Å². The molecule has 0 spiro atoms. The van der Waals surface area contributed by atoms with Crippen LogP contribution in [0.2, 0.25) is 0 Å². The zero-order valence-corrected chi connectivity index (χ0v) is 17.8. The van der Waals surface area contributed by atoms with Crippen molar-refractivity contribution in [1.29, 1.82) is 0 Å². The number of carbonyl (C=O) groups is 2. The third-order valence-corrected chi connectivity index (χ3v) is 5.61. The number of hydrogen-bond donors (Lipinski definition) is 3. The number of piperidine rings is 1. The third kappa shape index (κ3) is 4.36. The summed E-state index contributed by atoms with van der Waals surface area (Å²) in [7, 11) is 3.46. The van der Waals surface area contributed by atoms with Crippen LogP contribution in [0.4, 0.5) is 11.5 Å². The number of aromatic nitrogens is 3. The molecule has 1 aliphatic rings. The second-order valence-electron chi connectivity index (χ2n) is 8.02. The molecule has 1 fully saturated rings. The van der Waals surface area contributed by atoms with Crippen LogP contribution in [0.1, 0.15) is 34.8 Å². The zero-order chi connectivity index (χ0) is 22.0. The molecule has 3 aromatic rings. The van der Waals surface area contributed by atoms with Gasteiger partial charge in [0.15, 0.2) is 0 Å². The van der Waals surface area contributed by atoms with Crippen LogP contribution in [-0.2, 0) is 11.2 Å². The lowest BCUT2D eigenvalue weighted by Gasteiger charge is -2.24. The molecule has 2 aromatic heterocycles. The molecule has 1 aromatic carbocycles. The average molecular weight is 422 g/mol. The molecule has 4 rings (SSSR count). The summed E-state index contributed by atoms with van der Waals surface area (Å²) in [6.45, 7) is 1.82. The minimum atomic E-state index is -0.272. The number of hydrogen-bond acceptors (Lipinski definition) is 6. The molecule has 0 saturated carbocycles. The number of nitrogens with two attached hydrogens (primary N) is 1. The van der Waals surface area contributed by atoms with E-state index in [0.29, 0.717) is 28.7 Å². The quantitative estimate of drug-likeness (QED) is 0.578. The Bertz CT molecular complexity index is 1100. The number of nitrogens with zero attached hydrogens (tertiary/aromatic N) is 4. The molecule has 1 aliphatic heterocycles. The van der Waals surface area contributed by atoms with Crippen LogP contribution in [0.3, 0.4) is 0 Å². The largest absolute Gasteiger partial charge is 0.383 e. The molecule has 0 aliphatic carbocycles. The van der Waals surface area contributed by atoms with Gasteiger partial charge in [-0.3, -0.25) is 9.59 Å². The van der Waals surface area contributed by atoms with E-state index in [9.17, 15) is 9.59 Å². The molecule has 3 heterocycles. The number of rotatable bonds is 5. The fraction of sp³-hybridized carbons (Fsp3) is 0.364. The summed E-state index contributed by atoms with van der Waals surface area (Å²) < 4.78 is 2.03. The van der Waals surface area contributed by atoms with E-state index in [2.05, 4.69) is 20.6 Å². The Morgan fingerprint density at radius 1 is 1.26 bits per heavy atom. The highest BCUT2D eigenvalue weighted by Crippen LogP contribution is 2.29. The smallest absolute Gasteiger partial charge is 0.258 e. The second-order valence-corrected chi connectivity index (χ2v) is 8.02. The molecule has 4 N–H and O–H groups in total. The van der Waals surface area contributed by atoms with Crippen LogP contribution in [0, 0.1) is 0 Å². The Morgan fingerprint density at radius 2 is 2.03 bits per heavy atom. The van der Waals surface area contributed by atoms with Crippen molar-refractivity contribution in [3.05, 3.63) is 47.9 Å². The molecule has 1 unspecified atom stereocenters. The summed E-state index contributed by atoms with van der Waals surface area (Å²) in [4.78, 5) is 35.0. The van der Waals surface area contributed by atoms with Crippen molar-refractivity contribution >= 4 is 34.4 Å². The maximum atomic E-state index is 13.1. The van der Waals surface area contributed by atoms with Gasteiger partial charge in [0.1, 0.15) is 17.8 Å². The SMILES string of the molecule is CN(C)C(=O)Cc1ccc(NC(=O)c2cn(C3CCCNC3)c3ncnc(N)c23)cc1. The number of benzene rings is 1. The van der Waals surface area contributed by atoms with Crippen molar-refractivity contribution in [3.63, 3.8) is 0 Å². The van der Waals surface area contributed by atoms with E-state index in [1.165, 1.54) is 6.33 Å². The van der Waals surface area contributed by atoms with E-state index in [1.807, 2.05) is 22.9 Å². The minimum absolute atomic E-state index is 0.0253. The van der Waals surface area contributed by atoms with E-state index in [4.69, 9.17) is 5.73 Å². The van der Waals surface area contributed by atoms with Gasteiger partial charge in [-0.2, -0.15) is 0 Å². The Labute approximate surface area is 180 Å². The molecule has 0 bridgehead atoms. The van der Waals surface area contributed by atoms with Gasteiger partial charge in [0.05, 0.1) is 17.4 Å². The van der Waals surface area contributed by atoms with Gasteiger partial charge >= 0.3 is 0 Å². The first-order valence-corrected chi connectivity index (χ1v) is 10.4. The summed E-state index contributed by atoms with van der Waals surface area (Å²) in [6.07, 6.45) is 5.65. The lowest BCUT2D eigenvalue weighted by atomic mass is 10.1. The predicted molar refractivity (Wildman–Crippen MR) is 120 cm³/mol. The minimum Gasteiger partial charge on any atom is -0.383 e. The Balaban J connectivity index is 1.58. The van der Waals surface area contributed by atoms with Crippen LogP contribution in [0.5, 0.6) is 0 Å². The van der Waals surface area contributed by atoms with Gasteiger partial charge in [0, 0.05) is 38.6 Å². The number of amides is 2. The van der Waals surface area contributed by atoms with Crippen molar-refractivity contribution in [2.75, 3.05) is 38.2 Å². The van der Waals surface area contributed by atoms with Gasteiger partial charge in [-0.1, -0.05) is 12.1 Å². The maximum absolute atomic E-state index is 13.1. The number of anilines is 2. The monoisotopic (exact) mass is 421 g/mol. The molecular weight excluding hydrogens is 394 g/mol. The highest BCUT2D eigenvalue weighted by Gasteiger charge is 2.24. The second kappa shape index (κ2) is 8.73. The van der Waals surface area contributed by atoms with E-state index in [-0.39, 0.29) is 23.7 Å². The van der Waals surface area contributed by atoms with Gasteiger partial charge in [-0.25, -0.2) is 9.97 Å². The third-order valence-electron chi connectivity index (χ3n) is 5.61. The molecule has 1 atom stereocenters. The Hall–Kier alpha value is -3.46. The number of nitrogen functional groups attached to an aromatic ring is 1. The average Bonchev–Trinajstić information content (AvgIpc) is 3.17. The fourth-order valence-corrected chi connectivity index (χ4v) is 3.87. The fourth-order valence-electron chi connectivity index (χ4n) is 3.87. The van der Waals surface area contributed by atoms with E-state index in [0.717, 1.165) is 31.5 Å². The van der Waals surface area contributed by atoms with E-state index < -0.39 is 0 Å². The summed E-state index contributed by atoms with van der Waals surface area (Å²) in [5.41, 5.74) is 8.77. The van der Waals surface area contributed by atoms with Crippen LogP contribution in [-0.4, -0.2) is 58.4 Å². The molecule has 1 saturated heterocycles. The Kier molecular flexibility index (Phi) is 5.85.